The Morgan fingerprint density at radius 2 is 1.65 bits per heavy atom. The second-order valence-corrected chi connectivity index (χ2v) is 6.99. The Hall–Kier alpha value is -3.70. The molecular formula is C19H17F3N4O5. The van der Waals surface area contributed by atoms with Crippen molar-refractivity contribution in [1.29, 1.82) is 0 Å². The van der Waals surface area contributed by atoms with Crippen LogP contribution in [0.1, 0.15) is 29.5 Å². The third-order valence-electron chi connectivity index (χ3n) is 4.82. The maximum Gasteiger partial charge on any atom is 0.416 e. The molecule has 0 radical (unpaired) electrons. The number of amides is 1. The van der Waals surface area contributed by atoms with Crippen molar-refractivity contribution < 1.29 is 27.8 Å². The number of carbonyl (C=O) groups excluding carboxylic acids is 1. The van der Waals surface area contributed by atoms with Crippen LogP contribution in [0.5, 0.6) is 0 Å². The van der Waals surface area contributed by atoms with Gasteiger partial charge in [-0.1, -0.05) is 24.3 Å². The Morgan fingerprint density at radius 1 is 1.03 bits per heavy atom. The molecule has 0 unspecified atom stereocenters. The fourth-order valence-corrected chi connectivity index (χ4v) is 3.36. The number of rotatable bonds is 7. The van der Waals surface area contributed by atoms with Crippen molar-refractivity contribution in [2.24, 2.45) is 0 Å². The van der Waals surface area contributed by atoms with Crippen LogP contribution < -0.4 is 5.32 Å². The molecule has 1 heterocycles. The fraction of sp³-hybridized carbons (Fsp3) is 0.316. The number of hydrogen-bond acceptors (Lipinski definition) is 6. The summed E-state index contributed by atoms with van der Waals surface area (Å²) in [4.78, 5) is 33.9. The molecule has 1 saturated heterocycles. The summed E-state index contributed by atoms with van der Waals surface area (Å²) in [5, 5.41) is 25.1. The molecule has 1 aliphatic heterocycles. The van der Waals surface area contributed by atoms with Crippen molar-refractivity contribution in [3.63, 3.8) is 0 Å². The predicted molar refractivity (Wildman–Crippen MR) is 103 cm³/mol. The van der Waals surface area contributed by atoms with Crippen LogP contribution in [0.3, 0.4) is 0 Å². The molecular weight excluding hydrogens is 421 g/mol. The number of alkyl halides is 3. The van der Waals surface area contributed by atoms with Gasteiger partial charge in [0, 0.05) is 38.2 Å². The van der Waals surface area contributed by atoms with Crippen LogP contribution in [0.25, 0.3) is 0 Å². The van der Waals surface area contributed by atoms with Gasteiger partial charge in [-0.3, -0.25) is 25.0 Å². The lowest BCUT2D eigenvalue weighted by Gasteiger charge is -2.16. The van der Waals surface area contributed by atoms with Crippen molar-refractivity contribution >= 4 is 23.0 Å². The summed E-state index contributed by atoms with van der Waals surface area (Å²) in [5.41, 5.74) is -2.78. The molecule has 0 aromatic heterocycles. The van der Waals surface area contributed by atoms with Crippen molar-refractivity contribution in [1.82, 2.24) is 4.90 Å². The highest BCUT2D eigenvalue weighted by Crippen LogP contribution is 2.41. The topological polar surface area (TPSA) is 119 Å². The molecule has 0 spiro atoms. The first kappa shape index (κ1) is 22.0. The van der Waals surface area contributed by atoms with Crippen LogP contribution >= 0.6 is 0 Å². The van der Waals surface area contributed by atoms with Crippen LogP contribution in [0.2, 0.25) is 0 Å². The van der Waals surface area contributed by atoms with E-state index in [0.717, 1.165) is 12.0 Å². The quantitative estimate of drug-likeness (QED) is 0.510. The molecule has 1 amide bonds. The number of anilines is 1. The van der Waals surface area contributed by atoms with Crippen molar-refractivity contribution in [3.8, 4) is 0 Å². The monoisotopic (exact) mass is 438 g/mol. The lowest BCUT2D eigenvalue weighted by molar-refractivity contribution is -0.392. The number of likely N-dealkylation sites (tertiary alicyclic amines) is 1. The van der Waals surface area contributed by atoms with Gasteiger partial charge in [-0.15, -0.1) is 0 Å². The minimum Gasteiger partial charge on any atom is -0.370 e. The van der Waals surface area contributed by atoms with Crippen LogP contribution in [-0.2, 0) is 24.1 Å². The minimum absolute atomic E-state index is 0.0412. The SMILES string of the molecule is O=C1CCCN1Cc1cccc(CNc2c([N+](=O)[O-])cc(C(F)(F)F)cc2[N+](=O)[O-])c1. The molecule has 3 rings (SSSR count). The fourth-order valence-electron chi connectivity index (χ4n) is 3.36. The first-order valence-electron chi connectivity index (χ1n) is 9.19. The molecule has 0 aliphatic carbocycles. The summed E-state index contributed by atoms with van der Waals surface area (Å²) < 4.78 is 39.0. The van der Waals surface area contributed by atoms with Gasteiger partial charge in [0.05, 0.1) is 15.4 Å². The number of nitrogens with one attached hydrogen (secondary N) is 1. The number of nitro benzene ring substituents is 2. The van der Waals surface area contributed by atoms with E-state index in [4.69, 9.17) is 0 Å². The molecule has 164 valence electrons. The van der Waals surface area contributed by atoms with Crippen molar-refractivity contribution in [2.75, 3.05) is 11.9 Å². The van der Waals surface area contributed by atoms with E-state index in [1.165, 1.54) is 0 Å². The van der Waals surface area contributed by atoms with E-state index in [1.54, 1.807) is 29.2 Å². The zero-order valence-electron chi connectivity index (χ0n) is 16.0. The van der Waals surface area contributed by atoms with Gasteiger partial charge in [-0.2, -0.15) is 13.2 Å². The number of hydrogen-bond donors (Lipinski definition) is 1. The summed E-state index contributed by atoms with van der Waals surface area (Å²) in [6.45, 7) is 0.924. The molecule has 2 aromatic rings. The highest BCUT2D eigenvalue weighted by Gasteiger charge is 2.37. The summed E-state index contributed by atoms with van der Waals surface area (Å²) in [5.74, 6) is 0.0412. The Kier molecular flexibility index (Phi) is 6.09. The largest absolute Gasteiger partial charge is 0.416 e. The maximum atomic E-state index is 13.0. The van der Waals surface area contributed by atoms with E-state index in [2.05, 4.69) is 5.32 Å². The van der Waals surface area contributed by atoms with E-state index in [-0.39, 0.29) is 24.6 Å². The second kappa shape index (κ2) is 8.58. The minimum atomic E-state index is -4.98. The summed E-state index contributed by atoms with van der Waals surface area (Å²) >= 11 is 0. The lowest BCUT2D eigenvalue weighted by atomic mass is 10.1. The average Bonchev–Trinajstić information content (AvgIpc) is 3.09. The standard InChI is InChI=1S/C19H17F3N4O5/c20-19(21,22)14-8-15(25(28)29)18(16(9-14)26(30)31)23-10-12-3-1-4-13(7-12)11-24-6-2-5-17(24)27/h1,3-4,7-9,23H,2,5-6,10-11H2. The zero-order chi connectivity index (χ0) is 22.8. The normalized spacial score (nSPS) is 14.0. The zero-order valence-corrected chi connectivity index (χ0v) is 16.0. The van der Waals surface area contributed by atoms with E-state index in [0.29, 0.717) is 25.1 Å². The van der Waals surface area contributed by atoms with Gasteiger partial charge < -0.3 is 10.2 Å². The van der Waals surface area contributed by atoms with Gasteiger partial charge in [-0.25, -0.2) is 0 Å². The highest BCUT2D eigenvalue weighted by atomic mass is 19.4. The average molecular weight is 438 g/mol. The van der Waals surface area contributed by atoms with Crippen LogP contribution in [0.4, 0.5) is 30.2 Å². The van der Waals surface area contributed by atoms with Gasteiger partial charge in [0.2, 0.25) is 5.91 Å². The number of carbonyl (C=O) groups is 1. The molecule has 1 fully saturated rings. The molecule has 1 aliphatic rings. The van der Waals surface area contributed by atoms with Gasteiger partial charge in [0.25, 0.3) is 11.4 Å². The number of benzene rings is 2. The van der Waals surface area contributed by atoms with Crippen molar-refractivity contribution in [3.05, 3.63) is 73.3 Å². The van der Waals surface area contributed by atoms with E-state index in [9.17, 15) is 38.2 Å². The van der Waals surface area contributed by atoms with Crippen LogP contribution in [0, 0.1) is 20.2 Å². The third kappa shape index (κ3) is 5.08. The highest BCUT2D eigenvalue weighted by molar-refractivity contribution is 5.78. The molecule has 9 nitrogen and oxygen atoms in total. The molecule has 1 N–H and O–H groups in total. The predicted octanol–water partition coefficient (Wildman–Crippen LogP) is 4.26. The van der Waals surface area contributed by atoms with Crippen LogP contribution in [-0.4, -0.2) is 27.2 Å². The van der Waals surface area contributed by atoms with Gasteiger partial charge in [-0.05, 0) is 17.5 Å². The van der Waals surface area contributed by atoms with Gasteiger partial charge in [0.15, 0.2) is 5.69 Å². The summed E-state index contributed by atoms with van der Waals surface area (Å²) in [7, 11) is 0. The molecule has 31 heavy (non-hydrogen) atoms. The third-order valence-corrected chi connectivity index (χ3v) is 4.82. The number of halogens is 3. The van der Waals surface area contributed by atoms with Gasteiger partial charge in [0.1, 0.15) is 0 Å². The van der Waals surface area contributed by atoms with E-state index in [1.807, 2.05) is 0 Å². The first-order chi connectivity index (χ1) is 14.6. The smallest absolute Gasteiger partial charge is 0.370 e. The number of nitro groups is 2. The van der Waals surface area contributed by atoms with Gasteiger partial charge >= 0.3 is 6.18 Å². The molecule has 0 atom stereocenters. The van der Waals surface area contributed by atoms with E-state index >= 15 is 0 Å². The van der Waals surface area contributed by atoms with Crippen LogP contribution in [0.15, 0.2) is 36.4 Å². The molecule has 0 saturated carbocycles. The Balaban J connectivity index is 1.87. The maximum absolute atomic E-state index is 13.0. The molecule has 2 aromatic carbocycles. The lowest BCUT2D eigenvalue weighted by Crippen LogP contribution is -2.23. The molecule has 12 heteroatoms. The Labute approximate surface area is 173 Å². The first-order valence-corrected chi connectivity index (χ1v) is 9.19. The Bertz CT molecular complexity index is 1010. The summed E-state index contributed by atoms with van der Waals surface area (Å²) in [6.07, 6.45) is -3.71. The second-order valence-electron chi connectivity index (χ2n) is 6.99. The number of nitrogens with zero attached hydrogens (tertiary/aromatic N) is 3. The Morgan fingerprint density at radius 3 is 2.16 bits per heavy atom. The summed E-state index contributed by atoms with van der Waals surface area (Å²) in [6, 6.07) is 7.40. The van der Waals surface area contributed by atoms with E-state index < -0.39 is 38.6 Å². The van der Waals surface area contributed by atoms with Crippen molar-refractivity contribution in [2.45, 2.75) is 32.1 Å². The molecule has 0 bridgehead atoms.